The summed E-state index contributed by atoms with van der Waals surface area (Å²) >= 11 is 0. The van der Waals surface area contributed by atoms with E-state index in [4.69, 9.17) is 9.47 Å². The Labute approximate surface area is 128 Å². The Bertz CT molecular complexity index is 649. The molecule has 7 nitrogen and oxygen atoms in total. The van der Waals surface area contributed by atoms with Crippen LogP contribution in [0, 0.1) is 0 Å². The molecule has 0 radical (unpaired) electrons. The smallest absolute Gasteiger partial charge is 0.223 e. The van der Waals surface area contributed by atoms with Crippen LogP contribution in [-0.2, 0) is 16.1 Å². The fourth-order valence-corrected chi connectivity index (χ4v) is 2.46. The van der Waals surface area contributed by atoms with Crippen LogP contribution in [0.5, 0.6) is 5.75 Å². The number of carbonyl (C=O) groups is 1. The summed E-state index contributed by atoms with van der Waals surface area (Å²) in [6, 6.07) is 5.63. The number of rotatable bonds is 5. The van der Waals surface area contributed by atoms with E-state index in [1.807, 2.05) is 18.2 Å². The summed E-state index contributed by atoms with van der Waals surface area (Å²) < 4.78 is 10.7. The van der Waals surface area contributed by atoms with Crippen molar-refractivity contribution in [2.45, 2.75) is 19.1 Å². The number of fused-ring (bicyclic) bond motifs is 1. The summed E-state index contributed by atoms with van der Waals surface area (Å²) in [6.07, 6.45) is 0.315. The lowest BCUT2D eigenvalue weighted by Crippen LogP contribution is -2.41. The second kappa shape index (κ2) is 6.76. The van der Waals surface area contributed by atoms with Gasteiger partial charge in [0.05, 0.1) is 43.8 Å². The number of hydrogen-bond acceptors (Lipinski definition) is 5. The summed E-state index contributed by atoms with van der Waals surface area (Å²) in [7, 11) is 1.63. The number of methoxy groups -OCH3 is 1. The number of amides is 1. The predicted octanol–water partition coefficient (Wildman–Crippen LogP) is 0.566. The number of hydrogen-bond donors (Lipinski definition) is 3. The molecule has 2 heterocycles. The third-order valence-corrected chi connectivity index (χ3v) is 3.61. The molecule has 22 heavy (non-hydrogen) atoms. The average molecular weight is 304 g/mol. The molecule has 3 N–H and O–H groups in total. The molecule has 3 rings (SSSR count). The number of aromatic nitrogens is 2. The molecular weight excluding hydrogens is 284 g/mol. The second-order valence-corrected chi connectivity index (χ2v) is 5.24. The maximum Gasteiger partial charge on any atom is 0.223 e. The summed E-state index contributed by atoms with van der Waals surface area (Å²) in [5.41, 5.74) is 1.74. The van der Waals surface area contributed by atoms with E-state index >= 15 is 0 Å². The van der Waals surface area contributed by atoms with Gasteiger partial charge in [-0.1, -0.05) is 0 Å². The minimum Gasteiger partial charge on any atom is -0.497 e. The Kier molecular flexibility index (Phi) is 4.55. The largest absolute Gasteiger partial charge is 0.497 e. The minimum absolute atomic E-state index is 0.0354. The first-order valence-electron chi connectivity index (χ1n) is 7.36. The SMILES string of the molecule is COc1ccc2nc(CNC(=O)C[C@H]3CNCCO3)[nH]c2c1. The van der Waals surface area contributed by atoms with Gasteiger partial charge in [0.25, 0.3) is 0 Å². The zero-order valence-electron chi connectivity index (χ0n) is 12.5. The Morgan fingerprint density at radius 3 is 3.23 bits per heavy atom. The molecule has 2 aromatic rings. The predicted molar refractivity (Wildman–Crippen MR) is 81.7 cm³/mol. The van der Waals surface area contributed by atoms with Gasteiger partial charge in [-0.3, -0.25) is 4.79 Å². The summed E-state index contributed by atoms with van der Waals surface area (Å²) in [4.78, 5) is 19.5. The van der Waals surface area contributed by atoms with Crippen molar-refractivity contribution in [1.82, 2.24) is 20.6 Å². The number of ether oxygens (including phenoxy) is 2. The molecule has 1 fully saturated rings. The Morgan fingerprint density at radius 1 is 1.55 bits per heavy atom. The molecule has 0 unspecified atom stereocenters. The number of benzene rings is 1. The summed E-state index contributed by atoms with van der Waals surface area (Å²) in [6.45, 7) is 2.59. The van der Waals surface area contributed by atoms with Crippen LogP contribution >= 0.6 is 0 Å². The van der Waals surface area contributed by atoms with Gasteiger partial charge < -0.3 is 25.1 Å². The molecule has 1 aromatic carbocycles. The molecule has 1 amide bonds. The lowest BCUT2D eigenvalue weighted by molar-refractivity contribution is -0.124. The first-order valence-corrected chi connectivity index (χ1v) is 7.36. The highest BCUT2D eigenvalue weighted by molar-refractivity contribution is 5.78. The van der Waals surface area contributed by atoms with Crippen LogP contribution in [0.3, 0.4) is 0 Å². The molecule has 1 atom stereocenters. The molecule has 1 aliphatic rings. The van der Waals surface area contributed by atoms with Gasteiger partial charge in [-0.25, -0.2) is 4.98 Å². The highest BCUT2D eigenvalue weighted by atomic mass is 16.5. The highest BCUT2D eigenvalue weighted by Gasteiger charge is 2.17. The van der Waals surface area contributed by atoms with Crippen molar-refractivity contribution >= 4 is 16.9 Å². The fourth-order valence-electron chi connectivity index (χ4n) is 2.46. The zero-order valence-corrected chi connectivity index (χ0v) is 12.5. The van der Waals surface area contributed by atoms with Crippen LogP contribution in [0.4, 0.5) is 0 Å². The third kappa shape index (κ3) is 3.55. The van der Waals surface area contributed by atoms with E-state index in [1.54, 1.807) is 7.11 Å². The fraction of sp³-hybridized carbons (Fsp3) is 0.467. The summed E-state index contributed by atoms with van der Waals surface area (Å²) in [5, 5.41) is 6.07. The zero-order chi connectivity index (χ0) is 15.4. The van der Waals surface area contributed by atoms with Crippen molar-refractivity contribution in [3.05, 3.63) is 24.0 Å². The molecule has 118 valence electrons. The molecule has 0 bridgehead atoms. The topological polar surface area (TPSA) is 88.3 Å². The van der Waals surface area contributed by atoms with Gasteiger partial charge in [-0.15, -0.1) is 0 Å². The maximum absolute atomic E-state index is 11.9. The third-order valence-electron chi connectivity index (χ3n) is 3.61. The minimum atomic E-state index is -0.0475. The maximum atomic E-state index is 11.9. The first kappa shape index (κ1) is 14.8. The quantitative estimate of drug-likeness (QED) is 0.751. The number of H-pyrrole nitrogens is 1. The lowest BCUT2D eigenvalue weighted by Gasteiger charge is -2.22. The van der Waals surface area contributed by atoms with Gasteiger partial charge in [0.1, 0.15) is 11.6 Å². The van der Waals surface area contributed by atoms with E-state index in [-0.39, 0.29) is 12.0 Å². The van der Waals surface area contributed by atoms with Crippen molar-refractivity contribution in [2.24, 2.45) is 0 Å². The molecule has 0 spiro atoms. The van der Waals surface area contributed by atoms with Gasteiger partial charge in [0, 0.05) is 19.2 Å². The van der Waals surface area contributed by atoms with Gasteiger partial charge in [-0.05, 0) is 12.1 Å². The van der Waals surface area contributed by atoms with Gasteiger partial charge >= 0.3 is 0 Å². The normalized spacial score (nSPS) is 18.3. The van der Waals surface area contributed by atoms with Gasteiger partial charge in [0.15, 0.2) is 0 Å². The second-order valence-electron chi connectivity index (χ2n) is 5.24. The van der Waals surface area contributed by atoms with Crippen molar-refractivity contribution in [3.63, 3.8) is 0 Å². The number of nitrogens with one attached hydrogen (secondary N) is 3. The number of imidazole rings is 1. The van der Waals surface area contributed by atoms with Crippen LogP contribution in [0.1, 0.15) is 12.2 Å². The van der Waals surface area contributed by atoms with Crippen molar-refractivity contribution in [2.75, 3.05) is 26.8 Å². The van der Waals surface area contributed by atoms with Gasteiger partial charge in [0.2, 0.25) is 5.91 Å². The summed E-state index contributed by atoms with van der Waals surface area (Å²) in [5.74, 6) is 1.46. The first-order chi connectivity index (χ1) is 10.7. The van der Waals surface area contributed by atoms with Gasteiger partial charge in [-0.2, -0.15) is 0 Å². The molecule has 7 heteroatoms. The van der Waals surface area contributed by atoms with Crippen molar-refractivity contribution in [3.8, 4) is 5.75 Å². The molecule has 0 saturated carbocycles. The number of morpholine rings is 1. The molecular formula is C15H20N4O3. The van der Waals surface area contributed by atoms with Crippen LogP contribution in [0.25, 0.3) is 11.0 Å². The van der Waals surface area contributed by atoms with E-state index in [9.17, 15) is 4.79 Å². The van der Waals surface area contributed by atoms with E-state index in [1.165, 1.54) is 0 Å². The number of aromatic amines is 1. The Balaban J connectivity index is 1.55. The molecule has 1 aliphatic heterocycles. The van der Waals surface area contributed by atoms with Crippen LogP contribution < -0.4 is 15.4 Å². The number of carbonyl (C=O) groups excluding carboxylic acids is 1. The number of nitrogens with zero attached hydrogens (tertiary/aromatic N) is 1. The van der Waals surface area contributed by atoms with Crippen LogP contribution in [0.15, 0.2) is 18.2 Å². The average Bonchev–Trinajstić information content (AvgIpc) is 2.95. The molecule has 0 aliphatic carbocycles. The highest BCUT2D eigenvalue weighted by Crippen LogP contribution is 2.18. The van der Waals surface area contributed by atoms with Crippen molar-refractivity contribution < 1.29 is 14.3 Å². The van der Waals surface area contributed by atoms with Crippen LogP contribution in [-0.4, -0.2) is 48.8 Å². The standard InChI is InChI=1S/C15H20N4O3/c1-21-10-2-3-12-13(6-10)19-14(18-12)9-17-15(20)7-11-8-16-4-5-22-11/h2-3,6,11,16H,4-5,7-9H2,1H3,(H,17,20)(H,18,19)/t11-/m0/s1. The lowest BCUT2D eigenvalue weighted by atomic mass is 10.2. The van der Waals surface area contributed by atoms with E-state index in [0.29, 0.717) is 19.6 Å². The molecule has 1 aromatic heterocycles. The van der Waals surface area contributed by atoms with E-state index < -0.39 is 0 Å². The Morgan fingerprint density at radius 2 is 2.45 bits per heavy atom. The Hall–Kier alpha value is -2.12. The van der Waals surface area contributed by atoms with Crippen molar-refractivity contribution in [1.29, 1.82) is 0 Å². The van der Waals surface area contributed by atoms with E-state index in [0.717, 1.165) is 35.7 Å². The molecule has 1 saturated heterocycles. The monoisotopic (exact) mass is 304 g/mol. The van der Waals surface area contributed by atoms with E-state index in [2.05, 4.69) is 20.6 Å². The van der Waals surface area contributed by atoms with Crippen LogP contribution in [0.2, 0.25) is 0 Å².